The van der Waals surface area contributed by atoms with Gasteiger partial charge >= 0.3 is 0 Å². The highest BCUT2D eigenvalue weighted by atomic mass is 32.1. The van der Waals surface area contributed by atoms with Gasteiger partial charge < -0.3 is 10.6 Å². The molecule has 10 heavy (non-hydrogen) atoms. The van der Waals surface area contributed by atoms with Crippen molar-refractivity contribution >= 4 is 17.3 Å². The molecule has 0 spiro atoms. The molecular weight excluding hydrogens is 144 g/mol. The lowest BCUT2D eigenvalue weighted by Gasteiger charge is -2.04. The summed E-state index contributed by atoms with van der Waals surface area (Å²) in [5.74, 6) is 0. The molecule has 2 N–H and O–H groups in total. The Hall–Kier alpha value is -0.310. The average Bonchev–Trinajstić information content (AvgIpc) is 1.98. The second-order valence-electron chi connectivity index (χ2n) is 2.21. The number of hydrogen-bond donors (Lipinski definition) is 2. The van der Waals surface area contributed by atoms with Gasteiger partial charge in [0.2, 0.25) is 0 Å². The van der Waals surface area contributed by atoms with Crippen LogP contribution in [0, 0.1) is 0 Å². The largest absolute Gasteiger partial charge is 0.366 e. The summed E-state index contributed by atoms with van der Waals surface area (Å²) in [5.41, 5.74) is 0. The van der Waals surface area contributed by atoms with E-state index in [4.69, 9.17) is 12.2 Å². The Morgan fingerprint density at radius 2 is 2.20 bits per heavy atom. The van der Waals surface area contributed by atoms with Crippen LogP contribution in [0.3, 0.4) is 0 Å². The van der Waals surface area contributed by atoms with Crippen LogP contribution in [0.5, 0.6) is 0 Å². The summed E-state index contributed by atoms with van der Waals surface area (Å²) in [4.78, 5) is 0. The Labute approximate surface area is 71.4 Å². The predicted octanol–water partition coefficient (Wildman–Crippen LogP) is 1.76. The average molecular weight is 164 g/mol. The number of nitrogens with one attached hydrogen (secondary N) is 2. The van der Waals surface area contributed by atoms with Crippen molar-refractivity contribution in [2.75, 3.05) is 13.6 Å². The number of thiocarbonyl (C=S) groups is 1. The SMILES string of the molecule is CCCCCNC(=S)NC.[HH].[HH]. The van der Waals surface area contributed by atoms with Crippen LogP contribution >= 0.6 is 12.2 Å². The van der Waals surface area contributed by atoms with Crippen LogP contribution in [-0.4, -0.2) is 18.7 Å². The second-order valence-corrected chi connectivity index (χ2v) is 2.62. The van der Waals surface area contributed by atoms with Crippen molar-refractivity contribution < 1.29 is 2.85 Å². The smallest absolute Gasteiger partial charge is 0.166 e. The standard InChI is InChI=1S/C7H16N2S.2H2/c1-3-4-5-6-9-7(10)8-2;;/h3-6H2,1-2H3,(H2,8,9,10);2*1H. The zero-order chi connectivity index (χ0) is 7.82. The number of rotatable bonds is 4. The van der Waals surface area contributed by atoms with E-state index in [0.717, 1.165) is 11.7 Å². The molecule has 0 fully saturated rings. The van der Waals surface area contributed by atoms with Crippen molar-refractivity contribution in [1.82, 2.24) is 10.6 Å². The lowest BCUT2D eigenvalue weighted by molar-refractivity contribution is 0.693. The lowest BCUT2D eigenvalue weighted by atomic mass is 10.2. The predicted molar refractivity (Wildman–Crippen MR) is 53.4 cm³/mol. The minimum absolute atomic E-state index is 0. The molecule has 0 bridgehead atoms. The van der Waals surface area contributed by atoms with E-state index in [1.54, 1.807) is 0 Å². The lowest BCUT2D eigenvalue weighted by Crippen LogP contribution is -2.32. The van der Waals surface area contributed by atoms with Crippen LogP contribution in [0.25, 0.3) is 0 Å². The van der Waals surface area contributed by atoms with Gasteiger partial charge in [-0.25, -0.2) is 0 Å². The van der Waals surface area contributed by atoms with Crippen LogP contribution in [-0.2, 0) is 0 Å². The van der Waals surface area contributed by atoms with Crippen LogP contribution in [0.4, 0.5) is 0 Å². The third-order valence-electron chi connectivity index (χ3n) is 1.29. The van der Waals surface area contributed by atoms with Crippen molar-refractivity contribution in [1.29, 1.82) is 0 Å². The zero-order valence-electron chi connectivity index (χ0n) is 6.74. The van der Waals surface area contributed by atoms with Gasteiger partial charge in [0.15, 0.2) is 5.11 Å². The Balaban J connectivity index is -0.000000405. The summed E-state index contributed by atoms with van der Waals surface area (Å²) in [5, 5.41) is 6.70. The summed E-state index contributed by atoms with van der Waals surface area (Å²) in [6.07, 6.45) is 3.74. The van der Waals surface area contributed by atoms with Gasteiger partial charge in [-0.2, -0.15) is 0 Å². The third kappa shape index (κ3) is 5.82. The zero-order valence-corrected chi connectivity index (χ0v) is 7.55. The summed E-state index contributed by atoms with van der Waals surface area (Å²) in [6, 6.07) is 0. The van der Waals surface area contributed by atoms with Gasteiger partial charge in [0, 0.05) is 16.4 Å². The maximum atomic E-state index is 4.88. The first-order valence-corrected chi connectivity index (χ1v) is 4.17. The Bertz CT molecular complexity index is 101. The quantitative estimate of drug-likeness (QED) is 0.489. The van der Waals surface area contributed by atoms with Gasteiger partial charge in [-0.3, -0.25) is 0 Å². The first-order valence-electron chi connectivity index (χ1n) is 3.76. The van der Waals surface area contributed by atoms with Crippen molar-refractivity contribution in [3.05, 3.63) is 0 Å². The van der Waals surface area contributed by atoms with Gasteiger partial charge in [-0.05, 0) is 18.6 Å². The Morgan fingerprint density at radius 1 is 1.50 bits per heavy atom. The van der Waals surface area contributed by atoms with Gasteiger partial charge in [0.05, 0.1) is 0 Å². The molecule has 0 unspecified atom stereocenters. The minimum atomic E-state index is 0. The molecule has 0 saturated carbocycles. The van der Waals surface area contributed by atoms with Crippen molar-refractivity contribution in [2.24, 2.45) is 0 Å². The molecule has 64 valence electrons. The number of unbranched alkanes of at least 4 members (excludes halogenated alkanes) is 2. The summed E-state index contributed by atoms with van der Waals surface area (Å²) in [7, 11) is 1.83. The normalized spacial score (nSPS) is 9.00. The van der Waals surface area contributed by atoms with E-state index in [9.17, 15) is 0 Å². The molecule has 0 atom stereocenters. The van der Waals surface area contributed by atoms with E-state index >= 15 is 0 Å². The topological polar surface area (TPSA) is 24.1 Å². The molecule has 0 aliphatic carbocycles. The van der Waals surface area contributed by atoms with Crippen LogP contribution < -0.4 is 10.6 Å². The van der Waals surface area contributed by atoms with E-state index in [2.05, 4.69) is 17.6 Å². The van der Waals surface area contributed by atoms with Gasteiger partial charge in [0.25, 0.3) is 0 Å². The highest BCUT2D eigenvalue weighted by Gasteiger charge is 1.88. The van der Waals surface area contributed by atoms with Gasteiger partial charge in [-0.15, -0.1) is 0 Å². The summed E-state index contributed by atoms with van der Waals surface area (Å²) in [6.45, 7) is 3.18. The molecule has 2 nitrogen and oxygen atoms in total. The summed E-state index contributed by atoms with van der Waals surface area (Å²) >= 11 is 4.88. The molecule has 0 radical (unpaired) electrons. The van der Waals surface area contributed by atoms with Gasteiger partial charge in [0.1, 0.15) is 0 Å². The first-order chi connectivity index (χ1) is 4.81. The number of hydrogen-bond acceptors (Lipinski definition) is 1. The fourth-order valence-corrected chi connectivity index (χ4v) is 0.767. The molecule has 0 aromatic heterocycles. The molecule has 0 aromatic rings. The van der Waals surface area contributed by atoms with Gasteiger partial charge in [-0.1, -0.05) is 19.8 Å². The van der Waals surface area contributed by atoms with Crippen molar-refractivity contribution in [3.8, 4) is 0 Å². The molecule has 0 aliphatic heterocycles. The van der Waals surface area contributed by atoms with Crippen LogP contribution in [0.15, 0.2) is 0 Å². The Kier molecular flexibility index (Phi) is 6.59. The molecule has 0 rings (SSSR count). The molecule has 0 aromatic carbocycles. The molecule has 0 amide bonds. The molecule has 3 heteroatoms. The second kappa shape index (κ2) is 6.81. The Morgan fingerprint density at radius 3 is 2.70 bits per heavy atom. The van der Waals surface area contributed by atoms with Crippen molar-refractivity contribution in [3.63, 3.8) is 0 Å². The fraction of sp³-hybridized carbons (Fsp3) is 0.857. The first kappa shape index (κ1) is 9.69. The third-order valence-corrected chi connectivity index (χ3v) is 1.64. The maximum Gasteiger partial charge on any atom is 0.166 e. The molecule has 0 aliphatic rings. The highest BCUT2D eigenvalue weighted by molar-refractivity contribution is 7.80. The molecule has 0 heterocycles. The van der Waals surface area contributed by atoms with E-state index < -0.39 is 0 Å². The minimum Gasteiger partial charge on any atom is -0.366 e. The van der Waals surface area contributed by atoms with E-state index in [0.29, 0.717) is 0 Å². The molecule has 0 saturated heterocycles. The monoisotopic (exact) mass is 164 g/mol. The van der Waals surface area contributed by atoms with E-state index in [1.165, 1.54) is 19.3 Å². The van der Waals surface area contributed by atoms with Crippen molar-refractivity contribution in [2.45, 2.75) is 26.2 Å². The highest BCUT2D eigenvalue weighted by Crippen LogP contribution is 1.90. The van der Waals surface area contributed by atoms with Crippen LogP contribution in [0.2, 0.25) is 0 Å². The summed E-state index contributed by atoms with van der Waals surface area (Å²) < 4.78 is 0. The molecular formula is C7H20N2S. The maximum absolute atomic E-state index is 4.88. The van der Waals surface area contributed by atoms with E-state index in [-0.39, 0.29) is 2.85 Å². The van der Waals surface area contributed by atoms with Crippen LogP contribution in [0.1, 0.15) is 29.0 Å². The fourth-order valence-electron chi connectivity index (χ4n) is 0.665. The van der Waals surface area contributed by atoms with E-state index in [1.807, 2.05) is 7.05 Å².